The van der Waals surface area contributed by atoms with E-state index in [4.69, 9.17) is 10.5 Å². The van der Waals surface area contributed by atoms with Gasteiger partial charge >= 0.3 is 5.97 Å². The second kappa shape index (κ2) is 6.58. The van der Waals surface area contributed by atoms with Crippen molar-refractivity contribution in [1.82, 2.24) is 4.98 Å². The van der Waals surface area contributed by atoms with E-state index in [2.05, 4.69) is 4.98 Å². The molecule has 0 aliphatic heterocycles. The Kier molecular flexibility index (Phi) is 5.10. The van der Waals surface area contributed by atoms with Crippen molar-refractivity contribution in [3.8, 4) is 0 Å². The van der Waals surface area contributed by atoms with Crippen molar-refractivity contribution < 1.29 is 14.3 Å². The van der Waals surface area contributed by atoms with Crippen LogP contribution in [0.1, 0.15) is 24.2 Å². The monoisotopic (exact) mass is 251 g/mol. The zero-order valence-corrected chi connectivity index (χ0v) is 10.5. The lowest BCUT2D eigenvalue weighted by Gasteiger charge is -2.19. The first-order valence-electron chi connectivity index (χ1n) is 5.74. The average Bonchev–Trinajstić information content (AvgIpc) is 2.36. The van der Waals surface area contributed by atoms with E-state index >= 15 is 0 Å². The summed E-state index contributed by atoms with van der Waals surface area (Å²) in [7, 11) is 0. The molecule has 0 aromatic carbocycles. The average molecular weight is 251 g/mol. The van der Waals surface area contributed by atoms with Gasteiger partial charge in [0.05, 0.1) is 18.7 Å². The van der Waals surface area contributed by atoms with Gasteiger partial charge in [-0.1, -0.05) is 0 Å². The fourth-order valence-electron chi connectivity index (χ4n) is 1.45. The third kappa shape index (κ3) is 3.73. The highest BCUT2D eigenvalue weighted by molar-refractivity contribution is 5.89. The third-order valence-corrected chi connectivity index (χ3v) is 2.31. The number of primary amides is 1. The first-order valence-corrected chi connectivity index (χ1v) is 5.74. The van der Waals surface area contributed by atoms with Crippen LogP contribution in [0.5, 0.6) is 0 Å². The van der Waals surface area contributed by atoms with Crippen molar-refractivity contribution in [1.29, 1.82) is 0 Å². The number of hydrogen-bond donors (Lipinski definition) is 1. The fraction of sp³-hybridized carbons (Fsp3) is 0.417. The number of amides is 1. The largest absolute Gasteiger partial charge is 0.462 e. The Hall–Kier alpha value is -2.11. The maximum Gasteiger partial charge on any atom is 0.339 e. The number of esters is 1. The molecule has 0 saturated heterocycles. The Morgan fingerprint density at radius 3 is 2.56 bits per heavy atom. The van der Waals surface area contributed by atoms with Crippen LogP contribution in [-0.2, 0) is 9.53 Å². The van der Waals surface area contributed by atoms with Gasteiger partial charge in [0.15, 0.2) is 0 Å². The summed E-state index contributed by atoms with van der Waals surface area (Å²) in [5.74, 6) is -0.230. The standard InChI is InChI=1S/C12H17N3O3/c1-3-15(8-10(13)16)11-6-5-9(7-14-11)12(17)18-4-2/h5-7H,3-4,8H2,1-2H3,(H2,13,16). The quantitative estimate of drug-likeness (QED) is 0.747. The Balaban J connectivity index is 2.80. The number of carbonyl (C=O) groups excluding carboxylic acids is 2. The minimum Gasteiger partial charge on any atom is -0.462 e. The molecule has 98 valence electrons. The molecular weight excluding hydrogens is 234 g/mol. The number of pyridine rings is 1. The SMILES string of the molecule is CCOC(=O)c1ccc(N(CC)CC(N)=O)nc1. The molecule has 0 spiro atoms. The van der Waals surface area contributed by atoms with Gasteiger partial charge in [0.2, 0.25) is 5.91 Å². The Labute approximate surface area is 106 Å². The Morgan fingerprint density at radius 1 is 1.39 bits per heavy atom. The maximum absolute atomic E-state index is 11.4. The van der Waals surface area contributed by atoms with Crippen LogP contribution in [-0.4, -0.2) is 36.6 Å². The number of anilines is 1. The molecule has 0 atom stereocenters. The minimum atomic E-state index is -0.423. The number of ether oxygens (including phenoxy) is 1. The summed E-state index contributed by atoms with van der Waals surface area (Å²) in [5, 5.41) is 0. The molecule has 1 aromatic rings. The van der Waals surface area contributed by atoms with Gasteiger partial charge in [0.1, 0.15) is 5.82 Å². The zero-order chi connectivity index (χ0) is 13.5. The number of carbonyl (C=O) groups is 2. The van der Waals surface area contributed by atoms with E-state index in [1.165, 1.54) is 6.20 Å². The van der Waals surface area contributed by atoms with Crippen molar-refractivity contribution in [2.24, 2.45) is 5.73 Å². The molecule has 1 amide bonds. The lowest BCUT2D eigenvalue weighted by atomic mass is 10.3. The lowest BCUT2D eigenvalue weighted by Crippen LogP contribution is -2.34. The van der Waals surface area contributed by atoms with Crippen LogP contribution in [0, 0.1) is 0 Å². The van der Waals surface area contributed by atoms with Crippen LogP contribution in [0.3, 0.4) is 0 Å². The smallest absolute Gasteiger partial charge is 0.339 e. The van der Waals surface area contributed by atoms with Crippen LogP contribution in [0.15, 0.2) is 18.3 Å². The normalized spacial score (nSPS) is 9.89. The first-order chi connectivity index (χ1) is 8.58. The van der Waals surface area contributed by atoms with Crippen LogP contribution in [0.4, 0.5) is 5.82 Å². The van der Waals surface area contributed by atoms with Crippen molar-refractivity contribution in [3.63, 3.8) is 0 Å². The summed E-state index contributed by atoms with van der Waals surface area (Å²) in [6.07, 6.45) is 1.43. The summed E-state index contributed by atoms with van der Waals surface area (Å²) < 4.78 is 4.85. The summed E-state index contributed by atoms with van der Waals surface area (Å²) in [4.78, 5) is 28.1. The molecule has 18 heavy (non-hydrogen) atoms. The molecule has 0 radical (unpaired) electrons. The van der Waals surface area contributed by atoms with Gasteiger partial charge in [-0.15, -0.1) is 0 Å². The van der Waals surface area contributed by atoms with Gasteiger partial charge in [-0.25, -0.2) is 9.78 Å². The van der Waals surface area contributed by atoms with E-state index in [0.717, 1.165) is 0 Å². The predicted molar refractivity (Wildman–Crippen MR) is 67.3 cm³/mol. The first kappa shape index (κ1) is 14.0. The molecule has 0 bridgehead atoms. The van der Waals surface area contributed by atoms with Crippen molar-refractivity contribution in [3.05, 3.63) is 23.9 Å². The zero-order valence-electron chi connectivity index (χ0n) is 10.5. The number of likely N-dealkylation sites (N-methyl/N-ethyl adjacent to an activating group) is 1. The van der Waals surface area contributed by atoms with Gasteiger partial charge in [-0.3, -0.25) is 4.79 Å². The molecule has 1 heterocycles. The van der Waals surface area contributed by atoms with Gasteiger partial charge in [-0.2, -0.15) is 0 Å². The van der Waals surface area contributed by atoms with E-state index in [1.54, 1.807) is 24.0 Å². The van der Waals surface area contributed by atoms with E-state index in [-0.39, 0.29) is 6.54 Å². The predicted octanol–water partition coefficient (Wildman–Crippen LogP) is 0.570. The van der Waals surface area contributed by atoms with Crippen molar-refractivity contribution in [2.45, 2.75) is 13.8 Å². The highest BCUT2D eigenvalue weighted by Gasteiger charge is 2.11. The molecule has 6 heteroatoms. The molecule has 6 nitrogen and oxygen atoms in total. The van der Waals surface area contributed by atoms with Gasteiger partial charge in [0.25, 0.3) is 0 Å². The van der Waals surface area contributed by atoms with Gasteiger partial charge in [0, 0.05) is 12.7 Å². The van der Waals surface area contributed by atoms with Crippen molar-refractivity contribution in [2.75, 3.05) is 24.6 Å². The number of nitrogens with zero attached hydrogens (tertiary/aromatic N) is 2. The molecule has 0 saturated carbocycles. The van der Waals surface area contributed by atoms with Gasteiger partial charge < -0.3 is 15.4 Å². The highest BCUT2D eigenvalue weighted by atomic mass is 16.5. The van der Waals surface area contributed by atoms with Crippen LogP contribution in [0.2, 0.25) is 0 Å². The summed E-state index contributed by atoms with van der Waals surface area (Å²) in [6, 6.07) is 3.28. The number of hydrogen-bond acceptors (Lipinski definition) is 5. The molecule has 0 unspecified atom stereocenters. The number of rotatable bonds is 6. The van der Waals surface area contributed by atoms with Crippen molar-refractivity contribution >= 4 is 17.7 Å². The van der Waals surface area contributed by atoms with E-state index in [9.17, 15) is 9.59 Å². The lowest BCUT2D eigenvalue weighted by molar-refractivity contribution is -0.116. The van der Waals surface area contributed by atoms with E-state index in [1.807, 2.05) is 6.92 Å². The Bertz CT molecular complexity index is 417. The molecular formula is C12H17N3O3. The number of nitrogens with two attached hydrogens (primary N) is 1. The summed E-state index contributed by atoms with van der Waals surface area (Å²) in [5.41, 5.74) is 5.53. The topological polar surface area (TPSA) is 85.5 Å². The number of aromatic nitrogens is 1. The third-order valence-electron chi connectivity index (χ3n) is 2.31. The molecule has 2 N–H and O–H groups in total. The van der Waals surface area contributed by atoms with Gasteiger partial charge in [-0.05, 0) is 26.0 Å². The van der Waals surface area contributed by atoms with E-state index in [0.29, 0.717) is 24.5 Å². The molecule has 1 aromatic heterocycles. The van der Waals surface area contributed by atoms with Crippen LogP contribution < -0.4 is 10.6 Å². The maximum atomic E-state index is 11.4. The fourth-order valence-corrected chi connectivity index (χ4v) is 1.45. The second-order valence-corrected chi connectivity index (χ2v) is 3.61. The molecule has 1 rings (SSSR count). The van der Waals surface area contributed by atoms with Crippen LogP contribution >= 0.6 is 0 Å². The summed E-state index contributed by atoms with van der Waals surface area (Å²) in [6.45, 7) is 4.66. The van der Waals surface area contributed by atoms with Crippen LogP contribution in [0.25, 0.3) is 0 Å². The highest BCUT2D eigenvalue weighted by Crippen LogP contribution is 2.11. The molecule has 0 fully saturated rings. The molecule has 0 aliphatic rings. The van der Waals surface area contributed by atoms with E-state index < -0.39 is 11.9 Å². The summed E-state index contributed by atoms with van der Waals surface area (Å²) >= 11 is 0. The minimum absolute atomic E-state index is 0.0995. The second-order valence-electron chi connectivity index (χ2n) is 3.61. The Morgan fingerprint density at radius 2 is 2.11 bits per heavy atom. The molecule has 0 aliphatic carbocycles.